The van der Waals surface area contributed by atoms with Gasteiger partial charge in [0.1, 0.15) is 0 Å². The van der Waals surface area contributed by atoms with Crippen molar-refractivity contribution in [1.29, 1.82) is 0 Å². The summed E-state index contributed by atoms with van der Waals surface area (Å²) in [5.74, 6) is 1.07. The number of likely N-dealkylation sites (tertiary alicyclic amines) is 1. The Morgan fingerprint density at radius 2 is 1.89 bits per heavy atom. The molecule has 0 aromatic rings. The molecule has 2 atom stereocenters. The first-order chi connectivity index (χ1) is 9.11. The number of amides is 1. The van der Waals surface area contributed by atoms with E-state index in [-0.39, 0.29) is 6.04 Å². The van der Waals surface area contributed by atoms with Crippen LogP contribution in [0.15, 0.2) is 0 Å². The number of nitrogens with zero attached hydrogens (tertiary/aromatic N) is 3. The summed E-state index contributed by atoms with van der Waals surface area (Å²) in [5.41, 5.74) is 0. The van der Waals surface area contributed by atoms with E-state index in [1.807, 2.05) is 0 Å². The Bertz CT molecular complexity index is 300. The van der Waals surface area contributed by atoms with Crippen molar-refractivity contribution in [2.75, 3.05) is 45.8 Å². The first-order valence-corrected chi connectivity index (χ1v) is 7.87. The minimum Gasteiger partial charge on any atom is -0.339 e. The van der Waals surface area contributed by atoms with Crippen LogP contribution < -0.4 is 0 Å². The first-order valence-electron chi connectivity index (χ1n) is 7.87. The van der Waals surface area contributed by atoms with E-state index in [2.05, 4.69) is 35.5 Å². The van der Waals surface area contributed by atoms with Crippen molar-refractivity contribution in [2.24, 2.45) is 5.92 Å². The molecule has 1 amide bonds. The van der Waals surface area contributed by atoms with Crippen molar-refractivity contribution in [3.63, 3.8) is 0 Å². The molecule has 19 heavy (non-hydrogen) atoms. The van der Waals surface area contributed by atoms with Crippen LogP contribution in [0.1, 0.15) is 33.6 Å². The topological polar surface area (TPSA) is 26.8 Å². The van der Waals surface area contributed by atoms with E-state index < -0.39 is 0 Å². The first kappa shape index (κ1) is 14.8. The van der Waals surface area contributed by atoms with Crippen LogP contribution in [-0.2, 0) is 4.79 Å². The lowest BCUT2D eigenvalue weighted by molar-refractivity contribution is -0.138. The standard InChI is InChI=1S/C15H29N3O/c1-4-16-8-10-17(11-9-16)15(19)14(3)18-7-5-6-13(2)12-18/h13-14H,4-12H2,1-3H3. The summed E-state index contributed by atoms with van der Waals surface area (Å²) in [4.78, 5) is 19.4. The highest BCUT2D eigenvalue weighted by Crippen LogP contribution is 2.19. The van der Waals surface area contributed by atoms with Crippen molar-refractivity contribution in [3.05, 3.63) is 0 Å². The summed E-state index contributed by atoms with van der Waals surface area (Å²) in [6.45, 7) is 13.7. The predicted octanol–water partition coefficient (Wildman–Crippen LogP) is 1.27. The van der Waals surface area contributed by atoms with Crippen molar-refractivity contribution in [3.8, 4) is 0 Å². The van der Waals surface area contributed by atoms with E-state index >= 15 is 0 Å². The third-order valence-corrected chi connectivity index (χ3v) is 4.72. The number of hydrogen-bond donors (Lipinski definition) is 0. The maximum atomic E-state index is 12.6. The molecule has 0 aromatic carbocycles. The fraction of sp³-hybridized carbons (Fsp3) is 0.933. The van der Waals surface area contributed by atoms with Gasteiger partial charge in [-0.25, -0.2) is 0 Å². The number of piperidine rings is 1. The minimum absolute atomic E-state index is 0.0657. The molecular weight excluding hydrogens is 238 g/mol. The highest BCUT2D eigenvalue weighted by Gasteiger charge is 2.30. The summed E-state index contributed by atoms with van der Waals surface area (Å²) in [5, 5.41) is 0. The molecule has 2 aliphatic rings. The predicted molar refractivity (Wildman–Crippen MR) is 78.1 cm³/mol. The molecule has 4 nitrogen and oxygen atoms in total. The van der Waals surface area contributed by atoms with Crippen LogP contribution in [0, 0.1) is 5.92 Å². The molecule has 0 bridgehead atoms. The number of piperazine rings is 1. The van der Waals surface area contributed by atoms with Crippen molar-refractivity contribution < 1.29 is 4.79 Å². The van der Waals surface area contributed by atoms with Crippen molar-refractivity contribution in [2.45, 2.75) is 39.7 Å². The van der Waals surface area contributed by atoms with E-state index in [0.717, 1.165) is 51.7 Å². The zero-order valence-corrected chi connectivity index (χ0v) is 12.8. The lowest BCUT2D eigenvalue weighted by Crippen LogP contribution is -2.55. The highest BCUT2D eigenvalue weighted by molar-refractivity contribution is 5.81. The normalized spacial score (nSPS) is 28.4. The Morgan fingerprint density at radius 1 is 1.21 bits per heavy atom. The van der Waals surface area contributed by atoms with Crippen molar-refractivity contribution >= 4 is 5.91 Å². The number of hydrogen-bond acceptors (Lipinski definition) is 3. The Labute approximate surface area is 117 Å². The number of carbonyl (C=O) groups is 1. The smallest absolute Gasteiger partial charge is 0.239 e. The fourth-order valence-electron chi connectivity index (χ4n) is 3.28. The quantitative estimate of drug-likeness (QED) is 0.770. The second-order valence-corrected chi connectivity index (χ2v) is 6.18. The van der Waals surface area contributed by atoms with Gasteiger partial charge in [-0.15, -0.1) is 0 Å². The summed E-state index contributed by atoms with van der Waals surface area (Å²) in [6, 6.07) is 0.0657. The second kappa shape index (κ2) is 6.71. The van der Waals surface area contributed by atoms with E-state index in [1.165, 1.54) is 12.8 Å². The third kappa shape index (κ3) is 3.69. The molecule has 2 aliphatic heterocycles. The van der Waals surface area contributed by atoms with Crippen LogP contribution in [-0.4, -0.2) is 72.5 Å². The molecule has 0 spiro atoms. The number of carbonyl (C=O) groups excluding carboxylic acids is 1. The van der Waals surface area contributed by atoms with Gasteiger partial charge in [-0.05, 0) is 38.8 Å². The average Bonchev–Trinajstić information content (AvgIpc) is 2.46. The lowest BCUT2D eigenvalue weighted by Gasteiger charge is -2.40. The Morgan fingerprint density at radius 3 is 2.47 bits per heavy atom. The minimum atomic E-state index is 0.0657. The zero-order valence-electron chi connectivity index (χ0n) is 12.8. The molecule has 0 N–H and O–H groups in total. The molecule has 4 heteroatoms. The summed E-state index contributed by atoms with van der Waals surface area (Å²) < 4.78 is 0. The molecule has 0 radical (unpaired) electrons. The molecule has 0 saturated carbocycles. The van der Waals surface area contributed by atoms with Gasteiger partial charge in [0.2, 0.25) is 5.91 Å². The molecular formula is C15H29N3O. The van der Waals surface area contributed by atoms with Gasteiger partial charge in [-0.1, -0.05) is 13.8 Å². The van der Waals surface area contributed by atoms with E-state index in [9.17, 15) is 4.79 Å². The van der Waals surface area contributed by atoms with Crippen LogP contribution in [0.25, 0.3) is 0 Å². The molecule has 2 fully saturated rings. The Kier molecular flexibility index (Phi) is 5.22. The van der Waals surface area contributed by atoms with E-state index in [4.69, 9.17) is 0 Å². The van der Waals surface area contributed by atoms with Crippen LogP contribution >= 0.6 is 0 Å². The van der Waals surface area contributed by atoms with E-state index in [1.54, 1.807) is 0 Å². The van der Waals surface area contributed by atoms with Gasteiger partial charge in [0, 0.05) is 32.7 Å². The highest BCUT2D eigenvalue weighted by atomic mass is 16.2. The average molecular weight is 267 g/mol. The molecule has 2 saturated heterocycles. The maximum absolute atomic E-state index is 12.6. The Hall–Kier alpha value is -0.610. The van der Waals surface area contributed by atoms with Gasteiger partial charge >= 0.3 is 0 Å². The molecule has 2 heterocycles. The Balaban J connectivity index is 1.85. The van der Waals surface area contributed by atoms with Gasteiger partial charge in [-0.3, -0.25) is 9.69 Å². The van der Waals surface area contributed by atoms with Gasteiger partial charge in [-0.2, -0.15) is 0 Å². The van der Waals surface area contributed by atoms with Gasteiger partial charge in [0.05, 0.1) is 6.04 Å². The second-order valence-electron chi connectivity index (χ2n) is 6.18. The van der Waals surface area contributed by atoms with Crippen LogP contribution in [0.5, 0.6) is 0 Å². The van der Waals surface area contributed by atoms with E-state index in [0.29, 0.717) is 5.91 Å². The van der Waals surface area contributed by atoms with Crippen molar-refractivity contribution in [1.82, 2.24) is 14.7 Å². The molecule has 0 aliphatic carbocycles. The summed E-state index contributed by atoms with van der Waals surface area (Å²) in [6.07, 6.45) is 2.55. The number of rotatable bonds is 3. The largest absolute Gasteiger partial charge is 0.339 e. The van der Waals surface area contributed by atoms with Gasteiger partial charge in [0.15, 0.2) is 0 Å². The lowest BCUT2D eigenvalue weighted by atomic mass is 9.98. The SMILES string of the molecule is CCN1CCN(C(=O)C(C)N2CCCC(C)C2)CC1. The number of likely N-dealkylation sites (N-methyl/N-ethyl adjacent to an activating group) is 1. The molecule has 2 rings (SSSR count). The van der Waals surface area contributed by atoms with Crippen LogP contribution in [0.3, 0.4) is 0 Å². The van der Waals surface area contributed by atoms with Crippen LogP contribution in [0.2, 0.25) is 0 Å². The van der Waals surface area contributed by atoms with Gasteiger partial charge < -0.3 is 9.80 Å². The maximum Gasteiger partial charge on any atom is 0.239 e. The van der Waals surface area contributed by atoms with Gasteiger partial charge in [0.25, 0.3) is 0 Å². The fourth-order valence-corrected chi connectivity index (χ4v) is 3.28. The molecule has 110 valence electrons. The van der Waals surface area contributed by atoms with Crippen LogP contribution in [0.4, 0.5) is 0 Å². The summed E-state index contributed by atoms with van der Waals surface area (Å²) >= 11 is 0. The monoisotopic (exact) mass is 267 g/mol. The molecule has 2 unspecified atom stereocenters. The zero-order chi connectivity index (χ0) is 13.8. The molecule has 0 aromatic heterocycles. The summed E-state index contributed by atoms with van der Waals surface area (Å²) in [7, 11) is 0. The third-order valence-electron chi connectivity index (χ3n) is 4.72.